The van der Waals surface area contributed by atoms with Gasteiger partial charge in [-0.25, -0.2) is 9.59 Å². The number of carbonyl (C=O) groups excluding carboxylic acids is 4. The van der Waals surface area contributed by atoms with Gasteiger partial charge in [0.15, 0.2) is 0 Å². The first-order valence-corrected chi connectivity index (χ1v) is 8.84. The molecule has 0 bridgehead atoms. The lowest BCUT2D eigenvalue weighted by molar-refractivity contribution is -0.146. The lowest BCUT2D eigenvalue weighted by atomic mass is 10.1. The first-order chi connectivity index (χ1) is 13.5. The van der Waals surface area contributed by atoms with E-state index in [9.17, 15) is 19.2 Å². The summed E-state index contributed by atoms with van der Waals surface area (Å²) in [4.78, 5) is 46.5. The molecular weight excluding hydrogens is 368 g/mol. The second kappa shape index (κ2) is 13.1. The zero-order valence-corrected chi connectivity index (χ0v) is 16.1. The zero-order valence-electron chi connectivity index (χ0n) is 16.1. The molecule has 0 aliphatic heterocycles. The Morgan fingerprint density at radius 3 is 2.36 bits per heavy atom. The summed E-state index contributed by atoms with van der Waals surface area (Å²) in [5, 5.41) is 5.07. The molecule has 0 saturated carbocycles. The summed E-state index contributed by atoms with van der Waals surface area (Å²) >= 11 is 0. The molecule has 154 valence electrons. The van der Waals surface area contributed by atoms with Crippen LogP contribution in [0.4, 0.5) is 4.79 Å². The monoisotopic (exact) mass is 394 g/mol. The van der Waals surface area contributed by atoms with Gasteiger partial charge >= 0.3 is 18.0 Å². The second-order valence-corrected chi connectivity index (χ2v) is 5.85. The summed E-state index contributed by atoms with van der Waals surface area (Å²) in [6, 6.07) is 8.32. The predicted molar refractivity (Wildman–Crippen MR) is 99.1 cm³/mol. The van der Waals surface area contributed by atoms with Crippen molar-refractivity contribution in [3.63, 3.8) is 0 Å². The Kier molecular flexibility index (Phi) is 10.8. The fourth-order valence-corrected chi connectivity index (χ4v) is 2.24. The summed E-state index contributed by atoms with van der Waals surface area (Å²) in [6.07, 6.45) is -0.0719. The molecule has 0 radical (unpaired) electrons. The van der Waals surface area contributed by atoms with Crippen molar-refractivity contribution in [2.45, 2.75) is 38.3 Å². The Balaban J connectivity index is 2.25. The van der Waals surface area contributed by atoms with E-state index in [-0.39, 0.29) is 38.3 Å². The van der Waals surface area contributed by atoms with E-state index in [1.807, 2.05) is 30.3 Å². The average Bonchev–Trinajstić information content (AvgIpc) is 2.72. The van der Waals surface area contributed by atoms with Gasteiger partial charge in [-0.3, -0.25) is 9.59 Å². The minimum atomic E-state index is -0.930. The number of benzene rings is 1. The standard InChI is InChI=1S/C19H26N2O7/c1-26-17(23)11-10-15(18(24)27-2)21-16(22)9-6-12-20-19(25)28-13-14-7-4-3-5-8-14/h3-5,7-8,15H,6,9-13H2,1-2H3,(H,20,25)(H,21,22). The van der Waals surface area contributed by atoms with Crippen LogP contribution in [-0.2, 0) is 35.2 Å². The van der Waals surface area contributed by atoms with E-state index in [2.05, 4.69) is 20.1 Å². The third-order valence-corrected chi connectivity index (χ3v) is 3.75. The largest absolute Gasteiger partial charge is 0.469 e. The number of hydrogen-bond donors (Lipinski definition) is 2. The first kappa shape index (κ1) is 22.9. The van der Waals surface area contributed by atoms with E-state index in [0.717, 1.165) is 5.56 Å². The molecule has 1 aromatic rings. The van der Waals surface area contributed by atoms with Gasteiger partial charge in [-0.1, -0.05) is 30.3 Å². The van der Waals surface area contributed by atoms with Crippen LogP contribution in [-0.4, -0.2) is 50.7 Å². The molecule has 0 aliphatic rings. The number of ether oxygens (including phenoxy) is 3. The van der Waals surface area contributed by atoms with Gasteiger partial charge in [-0.05, 0) is 18.4 Å². The maximum Gasteiger partial charge on any atom is 0.407 e. The molecule has 0 spiro atoms. The summed E-state index contributed by atoms with van der Waals surface area (Å²) in [7, 11) is 2.44. The van der Waals surface area contributed by atoms with Gasteiger partial charge in [-0.15, -0.1) is 0 Å². The molecule has 0 heterocycles. The van der Waals surface area contributed by atoms with E-state index >= 15 is 0 Å². The van der Waals surface area contributed by atoms with Crippen molar-refractivity contribution in [2.24, 2.45) is 0 Å². The lowest BCUT2D eigenvalue weighted by Crippen LogP contribution is -2.42. The van der Waals surface area contributed by atoms with Crippen LogP contribution in [0.1, 0.15) is 31.2 Å². The van der Waals surface area contributed by atoms with Crippen LogP contribution in [0.3, 0.4) is 0 Å². The van der Waals surface area contributed by atoms with Gasteiger partial charge in [0.1, 0.15) is 12.6 Å². The van der Waals surface area contributed by atoms with Crippen molar-refractivity contribution in [3.05, 3.63) is 35.9 Å². The highest BCUT2D eigenvalue weighted by Crippen LogP contribution is 2.03. The molecule has 0 fully saturated rings. The number of amides is 2. The van der Waals surface area contributed by atoms with E-state index < -0.39 is 24.1 Å². The van der Waals surface area contributed by atoms with Crippen molar-refractivity contribution >= 4 is 23.9 Å². The van der Waals surface area contributed by atoms with Gasteiger partial charge in [0.2, 0.25) is 5.91 Å². The molecule has 0 aromatic heterocycles. The van der Waals surface area contributed by atoms with Gasteiger partial charge in [0.25, 0.3) is 0 Å². The summed E-state index contributed by atoms with van der Waals surface area (Å²) < 4.78 is 14.2. The van der Waals surface area contributed by atoms with Gasteiger partial charge in [-0.2, -0.15) is 0 Å². The highest BCUT2D eigenvalue weighted by molar-refractivity contribution is 5.84. The highest BCUT2D eigenvalue weighted by atomic mass is 16.5. The summed E-state index contributed by atoms with van der Waals surface area (Å²) in [5.41, 5.74) is 0.873. The van der Waals surface area contributed by atoms with Crippen molar-refractivity contribution in [1.29, 1.82) is 0 Å². The first-order valence-electron chi connectivity index (χ1n) is 8.84. The number of methoxy groups -OCH3 is 2. The third-order valence-electron chi connectivity index (χ3n) is 3.75. The van der Waals surface area contributed by atoms with Crippen LogP contribution in [0.5, 0.6) is 0 Å². The summed E-state index contributed by atoms with van der Waals surface area (Å²) in [6.45, 7) is 0.403. The molecule has 28 heavy (non-hydrogen) atoms. The van der Waals surface area contributed by atoms with Crippen LogP contribution in [0, 0.1) is 0 Å². The number of nitrogens with one attached hydrogen (secondary N) is 2. The van der Waals surface area contributed by atoms with Crippen molar-refractivity contribution in [1.82, 2.24) is 10.6 Å². The fourth-order valence-electron chi connectivity index (χ4n) is 2.24. The van der Waals surface area contributed by atoms with E-state index in [0.29, 0.717) is 6.42 Å². The Morgan fingerprint density at radius 2 is 1.71 bits per heavy atom. The zero-order chi connectivity index (χ0) is 20.8. The average molecular weight is 394 g/mol. The van der Waals surface area contributed by atoms with Gasteiger partial charge in [0.05, 0.1) is 14.2 Å². The molecule has 9 nitrogen and oxygen atoms in total. The number of rotatable bonds is 11. The Bertz CT molecular complexity index is 649. The molecule has 1 aromatic carbocycles. The van der Waals surface area contributed by atoms with Crippen LogP contribution in [0.15, 0.2) is 30.3 Å². The number of alkyl carbamates (subject to hydrolysis) is 1. The molecule has 0 aliphatic carbocycles. The predicted octanol–water partition coefficient (Wildman–Crippen LogP) is 1.30. The van der Waals surface area contributed by atoms with Crippen molar-refractivity contribution < 1.29 is 33.4 Å². The molecule has 0 saturated heterocycles. The topological polar surface area (TPSA) is 120 Å². The molecule has 1 rings (SSSR count). The van der Waals surface area contributed by atoms with Crippen LogP contribution >= 0.6 is 0 Å². The number of carbonyl (C=O) groups is 4. The van der Waals surface area contributed by atoms with Crippen molar-refractivity contribution in [3.8, 4) is 0 Å². The SMILES string of the molecule is COC(=O)CCC(NC(=O)CCCNC(=O)OCc1ccccc1)C(=O)OC. The maximum absolute atomic E-state index is 12.0. The summed E-state index contributed by atoms with van der Waals surface area (Å²) in [5.74, 6) is -1.51. The molecular formula is C19H26N2O7. The quantitative estimate of drug-likeness (QED) is 0.330. The Morgan fingerprint density at radius 1 is 1.00 bits per heavy atom. The van der Waals surface area contributed by atoms with E-state index in [4.69, 9.17) is 4.74 Å². The molecule has 2 amide bonds. The molecule has 1 unspecified atom stereocenters. The minimum Gasteiger partial charge on any atom is -0.469 e. The van der Waals surface area contributed by atoms with Crippen molar-refractivity contribution in [2.75, 3.05) is 20.8 Å². The van der Waals surface area contributed by atoms with Crippen LogP contribution in [0.25, 0.3) is 0 Å². The maximum atomic E-state index is 12.0. The Hall–Kier alpha value is -3.10. The van der Waals surface area contributed by atoms with E-state index in [1.165, 1.54) is 14.2 Å². The lowest BCUT2D eigenvalue weighted by Gasteiger charge is -2.16. The van der Waals surface area contributed by atoms with Crippen LogP contribution < -0.4 is 10.6 Å². The molecule has 1 atom stereocenters. The van der Waals surface area contributed by atoms with E-state index in [1.54, 1.807) is 0 Å². The second-order valence-electron chi connectivity index (χ2n) is 5.85. The highest BCUT2D eigenvalue weighted by Gasteiger charge is 2.22. The smallest absolute Gasteiger partial charge is 0.407 e. The molecule has 9 heteroatoms. The fraction of sp³-hybridized carbons (Fsp3) is 0.474. The number of hydrogen-bond acceptors (Lipinski definition) is 7. The molecule has 2 N–H and O–H groups in total. The van der Waals surface area contributed by atoms with Gasteiger partial charge in [0, 0.05) is 19.4 Å². The Labute approximate surface area is 163 Å². The van der Waals surface area contributed by atoms with Crippen LogP contribution in [0.2, 0.25) is 0 Å². The minimum absolute atomic E-state index is 0.0225. The van der Waals surface area contributed by atoms with Gasteiger partial charge < -0.3 is 24.8 Å². The normalized spacial score (nSPS) is 11.1. The number of esters is 2. The third kappa shape index (κ3) is 9.56.